The number of benzene rings is 2. The van der Waals surface area contributed by atoms with Gasteiger partial charge in [0.15, 0.2) is 5.78 Å². The number of Topliss-reactive ketones (excluding diaryl/α,β-unsaturated/α-hetero) is 1. The Kier molecular flexibility index (Phi) is 4.58. The van der Waals surface area contributed by atoms with Gasteiger partial charge in [-0.2, -0.15) is 13.2 Å². The molecule has 3 rings (SSSR count). The fraction of sp³-hybridized carbons (Fsp3) is 0.150. The Balaban J connectivity index is 2.20. The monoisotopic (exact) mass is 389 g/mol. The predicted octanol–water partition coefficient (Wildman–Crippen LogP) is 4.23. The van der Waals surface area contributed by atoms with Crippen LogP contribution in [0.4, 0.5) is 18.9 Å². The van der Waals surface area contributed by atoms with E-state index < -0.39 is 29.3 Å². The van der Waals surface area contributed by atoms with Crippen molar-refractivity contribution in [3.05, 3.63) is 64.7 Å². The average molecular weight is 389 g/mol. The molecular formula is C20H14F3NO4. The molecule has 0 saturated carbocycles. The summed E-state index contributed by atoms with van der Waals surface area (Å²) in [6.45, 7) is 2.49. The van der Waals surface area contributed by atoms with Crippen LogP contribution in [0.1, 0.15) is 40.9 Å². The number of amides is 2. The second-order valence-corrected chi connectivity index (χ2v) is 6.25. The molecule has 0 fully saturated rings. The van der Waals surface area contributed by atoms with Crippen molar-refractivity contribution in [3.63, 3.8) is 0 Å². The summed E-state index contributed by atoms with van der Waals surface area (Å²) in [7, 11) is 0. The molecule has 0 aliphatic carbocycles. The van der Waals surface area contributed by atoms with Gasteiger partial charge >= 0.3 is 6.18 Å². The van der Waals surface area contributed by atoms with Gasteiger partial charge in [0.25, 0.3) is 5.91 Å². The van der Waals surface area contributed by atoms with Crippen molar-refractivity contribution >= 4 is 34.6 Å². The van der Waals surface area contributed by atoms with Crippen LogP contribution in [0.5, 0.6) is 0 Å². The molecule has 28 heavy (non-hydrogen) atoms. The minimum absolute atomic E-state index is 0.0269. The van der Waals surface area contributed by atoms with Gasteiger partial charge in [0, 0.05) is 23.6 Å². The number of carbonyl (C=O) groups is 3. The van der Waals surface area contributed by atoms with E-state index in [0.29, 0.717) is 0 Å². The molecule has 1 N–H and O–H groups in total. The lowest BCUT2D eigenvalue weighted by molar-refractivity contribution is -0.137. The molecule has 0 bridgehead atoms. The highest BCUT2D eigenvalue weighted by Gasteiger charge is 2.38. The highest BCUT2D eigenvalue weighted by Crippen LogP contribution is 2.41. The molecular weight excluding hydrogens is 375 g/mol. The van der Waals surface area contributed by atoms with Crippen LogP contribution in [0.2, 0.25) is 0 Å². The molecule has 1 aliphatic heterocycles. The summed E-state index contributed by atoms with van der Waals surface area (Å²) in [5.41, 5.74) is -0.582. The molecule has 2 amide bonds. The number of carbonyl (C=O) groups excluding carboxylic acids is 3. The Morgan fingerprint density at radius 1 is 0.964 bits per heavy atom. The number of alkyl halides is 3. The summed E-state index contributed by atoms with van der Waals surface area (Å²) in [6, 6.07) is 7.85. The van der Waals surface area contributed by atoms with E-state index in [0.717, 1.165) is 29.2 Å². The molecule has 2 aromatic carbocycles. The second-order valence-electron chi connectivity index (χ2n) is 6.25. The predicted molar refractivity (Wildman–Crippen MR) is 95.5 cm³/mol. The molecule has 5 nitrogen and oxygen atoms in total. The molecule has 144 valence electrons. The van der Waals surface area contributed by atoms with E-state index in [1.165, 1.54) is 32.0 Å². The van der Waals surface area contributed by atoms with Crippen molar-refractivity contribution in [3.8, 4) is 0 Å². The van der Waals surface area contributed by atoms with Crippen LogP contribution >= 0.6 is 0 Å². The number of imide groups is 1. The lowest BCUT2D eigenvalue weighted by Crippen LogP contribution is -2.31. The van der Waals surface area contributed by atoms with Gasteiger partial charge in [-0.15, -0.1) is 0 Å². The molecule has 1 heterocycles. The van der Waals surface area contributed by atoms with Crippen molar-refractivity contribution in [1.82, 2.24) is 0 Å². The van der Waals surface area contributed by atoms with E-state index in [-0.39, 0.29) is 33.7 Å². The number of ketones is 1. The zero-order valence-corrected chi connectivity index (χ0v) is 14.8. The van der Waals surface area contributed by atoms with E-state index in [1.54, 1.807) is 0 Å². The number of anilines is 1. The molecule has 8 heteroatoms. The van der Waals surface area contributed by atoms with Crippen LogP contribution < -0.4 is 4.90 Å². The second kappa shape index (κ2) is 6.63. The summed E-state index contributed by atoms with van der Waals surface area (Å²) in [5.74, 6) is -2.29. The number of halogens is 3. The van der Waals surface area contributed by atoms with Crippen molar-refractivity contribution < 1.29 is 32.7 Å². The van der Waals surface area contributed by atoms with E-state index in [1.807, 2.05) is 0 Å². The summed E-state index contributed by atoms with van der Waals surface area (Å²) >= 11 is 0. The Morgan fingerprint density at radius 2 is 1.54 bits per heavy atom. The highest BCUT2D eigenvalue weighted by molar-refractivity contribution is 6.42. The number of aliphatic hydroxyl groups excluding tert-OH is 1. The fourth-order valence-corrected chi connectivity index (χ4v) is 2.99. The van der Waals surface area contributed by atoms with E-state index >= 15 is 0 Å². The van der Waals surface area contributed by atoms with Crippen LogP contribution in [0, 0.1) is 0 Å². The van der Waals surface area contributed by atoms with Gasteiger partial charge in [-0.05, 0) is 37.3 Å². The third-order valence-corrected chi connectivity index (χ3v) is 4.37. The topological polar surface area (TPSA) is 74.7 Å². The Morgan fingerprint density at radius 3 is 2.04 bits per heavy atom. The normalized spacial score (nSPS) is 15.5. The van der Waals surface area contributed by atoms with Gasteiger partial charge in [-0.3, -0.25) is 14.4 Å². The smallest absolute Gasteiger partial charge is 0.416 e. The fourth-order valence-electron chi connectivity index (χ4n) is 2.99. The molecule has 0 aromatic heterocycles. The number of hydrogen-bond acceptors (Lipinski definition) is 4. The zero-order chi connectivity index (χ0) is 20.8. The Bertz CT molecular complexity index is 1040. The molecule has 0 radical (unpaired) electrons. The highest BCUT2D eigenvalue weighted by atomic mass is 19.4. The number of nitrogens with zero attached hydrogens (tertiary/aromatic N) is 1. The molecule has 1 aliphatic rings. The van der Waals surface area contributed by atoms with Gasteiger partial charge < -0.3 is 5.11 Å². The van der Waals surface area contributed by atoms with Crippen LogP contribution in [-0.4, -0.2) is 22.7 Å². The lowest BCUT2D eigenvalue weighted by atomic mass is 9.98. The van der Waals surface area contributed by atoms with Crippen molar-refractivity contribution in [1.29, 1.82) is 0 Å². The summed E-state index contributed by atoms with van der Waals surface area (Å²) < 4.78 is 38.2. The van der Waals surface area contributed by atoms with Gasteiger partial charge in [0.1, 0.15) is 5.76 Å². The Labute approximate surface area is 157 Å². The van der Waals surface area contributed by atoms with Gasteiger partial charge in [0.05, 0.1) is 16.8 Å². The summed E-state index contributed by atoms with van der Waals surface area (Å²) in [4.78, 5) is 37.2. The molecule has 2 aromatic rings. The third-order valence-electron chi connectivity index (χ3n) is 4.37. The van der Waals surface area contributed by atoms with Crippen LogP contribution in [-0.2, 0) is 15.8 Å². The van der Waals surface area contributed by atoms with Gasteiger partial charge in [0.2, 0.25) is 5.91 Å². The maximum Gasteiger partial charge on any atom is 0.416 e. The van der Waals surface area contributed by atoms with E-state index in [2.05, 4.69) is 0 Å². The minimum Gasteiger partial charge on any atom is -0.506 e. The summed E-state index contributed by atoms with van der Waals surface area (Å²) in [6.07, 6.45) is -4.54. The first-order valence-corrected chi connectivity index (χ1v) is 8.13. The SMILES string of the molecule is CC(=O)c1ccc2c(c1)/C(=C(/O)c1ccc(C(F)(F)F)cc1)C(=O)N2C(C)=O. The summed E-state index contributed by atoms with van der Waals surface area (Å²) in [5, 5.41) is 10.6. The first-order valence-electron chi connectivity index (χ1n) is 8.13. The van der Waals surface area contributed by atoms with Crippen molar-refractivity contribution in [2.75, 3.05) is 4.90 Å². The molecule has 0 spiro atoms. The standard InChI is InChI=1S/C20H14F3NO4/c1-10(25)13-5-8-16-15(9-13)17(19(28)24(16)11(2)26)18(27)12-3-6-14(7-4-12)20(21,22)23/h3-9,27H,1-2H3/b18-17-. The number of fused-ring (bicyclic) bond motifs is 1. The zero-order valence-electron chi connectivity index (χ0n) is 14.8. The van der Waals surface area contributed by atoms with Crippen LogP contribution in [0.3, 0.4) is 0 Å². The quantitative estimate of drug-likeness (QED) is 0.474. The molecule has 0 unspecified atom stereocenters. The maximum atomic E-state index is 12.7. The Hall–Kier alpha value is -3.42. The van der Waals surface area contributed by atoms with Gasteiger partial charge in [-0.25, -0.2) is 4.90 Å². The maximum absolute atomic E-state index is 12.7. The third kappa shape index (κ3) is 3.17. The average Bonchev–Trinajstić information content (AvgIpc) is 2.91. The van der Waals surface area contributed by atoms with Gasteiger partial charge in [-0.1, -0.05) is 12.1 Å². The first-order chi connectivity index (χ1) is 13.0. The van der Waals surface area contributed by atoms with Crippen molar-refractivity contribution in [2.24, 2.45) is 0 Å². The first kappa shape index (κ1) is 19.3. The number of hydrogen-bond donors (Lipinski definition) is 1. The van der Waals surface area contributed by atoms with Crippen LogP contribution in [0.15, 0.2) is 42.5 Å². The lowest BCUT2D eigenvalue weighted by Gasteiger charge is -2.12. The number of aliphatic hydroxyl groups is 1. The largest absolute Gasteiger partial charge is 0.506 e. The van der Waals surface area contributed by atoms with Crippen molar-refractivity contribution in [2.45, 2.75) is 20.0 Å². The van der Waals surface area contributed by atoms with E-state index in [9.17, 15) is 32.7 Å². The van der Waals surface area contributed by atoms with Crippen LogP contribution in [0.25, 0.3) is 11.3 Å². The number of rotatable bonds is 2. The van der Waals surface area contributed by atoms with E-state index in [4.69, 9.17) is 0 Å². The molecule has 0 saturated heterocycles. The molecule has 0 atom stereocenters. The minimum atomic E-state index is -4.54.